The van der Waals surface area contributed by atoms with Crippen molar-refractivity contribution in [2.75, 3.05) is 13.4 Å². The highest BCUT2D eigenvalue weighted by atomic mass is 32.1. The van der Waals surface area contributed by atoms with Gasteiger partial charge < -0.3 is 18.9 Å². The minimum atomic E-state index is -0.542. The molecule has 1 fully saturated rings. The van der Waals surface area contributed by atoms with Crippen molar-refractivity contribution in [3.05, 3.63) is 45.1 Å². The Morgan fingerprint density at radius 3 is 2.77 bits per heavy atom. The molecule has 2 unspecified atom stereocenters. The van der Waals surface area contributed by atoms with E-state index in [4.69, 9.17) is 18.9 Å². The molecule has 0 amide bonds. The summed E-state index contributed by atoms with van der Waals surface area (Å²) in [6, 6.07) is 7.41. The summed E-state index contributed by atoms with van der Waals surface area (Å²) in [6.07, 6.45) is 0.0151. The number of benzene rings is 1. The zero-order valence-corrected chi connectivity index (χ0v) is 14.8. The van der Waals surface area contributed by atoms with Gasteiger partial charge in [-0.2, -0.15) is 0 Å². The van der Waals surface area contributed by atoms with Crippen LogP contribution in [0.4, 0.5) is 0 Å². The Bertz CT molecular complexity index is 917. The lowest BCUT2D eigenvalue weighted by Gasteiger charge is -2.32. The molecule has 2 aromatic rings. The molecule has 0 spiro atoms. The fourth-order valence-electron chi connectivity index (χ4n) is 3.89. The zero-order chi connectivity index (χ0) is 17.8. The molecule has 26 heavy (non-hydrogen) atoms. The Hall–Kier alpha value is -2.54. The van der Waals surface area contributed by atoms with Crippen LogP contribution >= 0.6 is 11.3 Å². The molecule has 0 radical (unpaired) electrons. The van der Waals surface area contributed by atoms with Crippen LogP contribution in [0.2, 0.25) is 0 Å². The number of cyclic esters (lactones) is 1. The Morgan fingerprint density at radius 1 is 1.19 bits per heavy atom. The summed E-state index contributed by atoms with van der Waals surface area (Å²) in [6.45, 7) is 2.38. The van der Waals surface area contributed by atoms with Gasteiger partial charge in [-0.05, 0) is 43.2 Å². The normalized spacial score (nSPS) is 25.4. The molecule has 0 bridgehead atoms. The largest absolute Gasteiger partial charge is 0.465 e. The summed E-state index contributed by atoms with van der Waals surface area (Å²) >= 11 is 1.39. The van der Waals surface area contributed by atoms with Gasteiger partial charge in [0.2, 0.25) is 6.79 Å². The molecule has 5 rings (SSSR count). The summed E-state index contributed by atoms with van der Waals surface area (Å²) in [7, 11) is 0. The number of esters is 2. The molecule has 1 aliphatic carbocycles. The average Bonchev–Trinajstić information content (AvgIpc) is 3.34. The van der Waals surface area contributed by atoms with Crippen molar-refractivity contribution in [1.29, 1.82) is 0 Å². The van der Waals surface area contributed by atoms with E-state index < -0.39 is 6.10 Å². The maximum Gasteiger partial charge on any atom is 0.348 e. The van der Waals surface area contributed by atoms with Crippen LogP contribution in [0.25, 0.3) is 0 Å². The summed E-state index contributed by atoms with van der Waals surface area (Å²) in [4.78, 5) is 26.4. The first kappa shape index (κ1) is 15.7. The van der Waals surface area contributed by atoms with Crippen molar-refractivity contribution in [1.82, 2.24) is 0 Å². The van der Waals surface area contributed by atoms with Crippen LogP contribution in [0, 0.1) is 18.8 Å². The number of carbonyl (C=O) groups is 2. The first-order chi connectivity index (χ1) is 12.6. The smallest absolute Gasteiger partial charge is 0.348 e. The van der Waals surface area contributed by atoms with Crippen LogP contribution in [0.15, 0.2) is 24.3 Å². The van der Waals surface area contributed by atoms with Gasteiger partial charge in [-0.3, -0.25) is 4.79 Å². The second-order valence-corrected chi connectivity index (χ2v) is 8.03. The number of ether oxygens (including phenoxy) is 4. The molecule has 1 aromatic carbocycles. The molecule has 0 saturated carbocycles. The van der Waals surface area contributed by atoms with Gasteiger partial charge in [-0.15, -0.1) is 11.3 Å². The number of thiophene rings is 1. The fourth-order valence-corrected chi connectivity index (χ4v) is 4.64. The third kappa shape index (κ3) is 2.38. The Morgan fingerprint density at radius 2 is 2.00 bits per heavy atom. The van der Waals surface area contributed by atoms with Crippen LogP contribution < -0.4 is 9.47 Å². The van der Waals surface area contributed by atoms with Gasteiger partial charge >= 0.3 is 11.9 Å². The highest BCUT2D eigenvalue weighted by Gasteiger charge is 2.48. The maximum atomic E-state index is 12.6. The number of carbonyl (C=O) groups excluding carboxylic acids is 2. The molecule has 3 aliphatic rings. The predicted octanol–water partition coefficient (Wildman–Crippen LogP) is 3.03. The SMILES string of the molecule is Cc1ccc(C(=O)OC2c3cc4c(cc3C[C@H]3C(=O)OCC23)OCO4)s1. The lowest BCUT2D eigenvalue weighted by atomic mass is 9.75. The maximum absolute atomic E-state index is 12.6. The fraction of sp³-hybridized carbons (Fsp3) is 0.368. The number of rotatable bonds is 2. The molecule has 0 N–H and O–H groups in total. The topological polar surface area (TPSA) is 71.1 Å². The van der Waals surface area contributed by atoms with Gasteiger partial charge in [0, 0.05) is 16.4 Å². The van der Waals surface area contributed by atoms with E-state index in [1.165, 1.54) is 11.3 Å². The predicted molar refractivity (Wildman–Crippen MR) is 91.4 cm³/mol. The van der Waals surface area contributed by atoms with Crippen molar-refractivity contribution < 1.29 is 28.5 Å². The summed E-state index contributed by atoms with van der Waals surface area (Å²) in [5.74, 6) is 0.210. The van der Waals surface area contributed by atoms with E-state index >= 15 is 0 Å². The van der Waals surface area contributed by atoms with Gasteiger partial charge in [0.15, 0.2) is 11.5 Å². The monoisotopic (exact) mass is 372 g/mol. The lowest BCUT2D eigenvalue weighted by molar-refractivity contribution is -0.141. The van der Waals surface area contributed by atoms with E-state index in [0.717, 1.165) is 16.0 Å². The van der Waals surface area contributed by atoms with Crippen molar-refractivity contribution in [3.63, 3.8) is 0 Å². The second-order valence-electron chi connectivity index (χ2n) is 6.75. The molecule has 2 aliphatic heterocycles. The van der Waals surface area contributed by atoms with Crippen molar-refractivity contribution in [3.8, 4) is 11.5 Å². The number of hydrogen-bond donors (Lipinski definition) is 0. The molecule has 1 aromatic heterocycles. The molecule has 6 nitrogen and oxygen atoms in total. The van der Waals surface area contributed by atoms with Gasteiger partial charge in [-0.25, -0.2) is 4.79 Å². The van der Waals surface area contributed by atoms with Crippen LogP contribution in [-0.2, 0) is 20.7 Å². The third-order valence-corrected chi connectivity index (χ3v) is 6.16. The van der Waals surface area contributed by atoms with E-state index in [1.54, 1.807) is 6.07 Å². The summed E-state index contributed by atoms with van der Waals surface area (Å²) in [5.41, 5.74) is 1.81. The van der Waals surface area contributed by atoms with Gasteiger partial charge in [0.25, 0.3) is 0 Å². The first-order valence-corrected chi connectivity index (χ1v) is 9.28. The zero-order valence-electron chi connectivity index (χ0n) is 14.0. The highest BCUT2D eigenvalue weighted by Crippen LogP contribution is 2.48. The molecular weight excluding hydrogens is 356 g/mol. The average molecular weight is 372 g/mol. The van der Waals surface area contributed by atoms with Crippen molar-refractivity contribution >= 4 is 23.3 Å². The van der Waals surface area contributed by atoms with Crippen molar-refractivity contribution in [2.45, 2.75) is 19.4 Å². The first-order valence-electron chi connectivity index (χ1n) is 8.46. The quantitative estimate of drug-likeness (QED) is 0.755. The van der Waals surface area contributed by atoms with Crippen LogP contribution in [0.5, 0.6) is 11.5 Å². The van der Waals surface area contributed by atoms with E-state index in [9.17, 15) is 9.59 Å². The van der Waals surface area contributed by atoms with Crippen molar-refractivity contribution in [2.24, 2.45) is 11.8 Å². The van der Waals surface area contributed by atoms with E-state index in [-0.39, 0.29) is 37.2 Å². The van der Waals surface area contributed by atoms with E-state index in [2.05, 4.69) is 0 Å². The molecule has 1 saturated heterocycles. The summed E-state index contributed by atoms with van der Waals surface area (Å²) < 4.78 is 22.1. The number of hydrogen-bond acceptors (Lipinski definition) is 7. The highest BCUT2D eigenvalue weighted by molar-refractivity contribution is 7.13. The molecule has 3 atom stereocenters. The van der Waals surface area contributed by atoms with E-state index in [1.807, 2.05) is 25.1 Å². The Balaban J connectivity index is 1.54. The Labute approximate surface area is 153 Å². The van der Waals surface area contributed by atoms with E-state index in [0.29, 0.717) is 22.8 Å². The van der Waals surface area contributed by atoms with Gasteiger partial charge in [-0.1, -0.05) is 0 Å². The van der Waals surface area contributed by atoms with Crippen LogP contribution in [0.1, 0.15) is 31.8 Å². The minimum Gasteiger partial charge on any atom is -0.465 e. The van der Waals surface area contributed by atoms with Crippen LogP contribution in [0.3, 0.4) is 0 Å². The minimum absolute atomic E-state index is 0.173. The molecule has 134 valence electrons. The Kier molecular flexibility index (Phi) is 3.46. The van der Waals surface area contributed by atoms with Gasteiger partial charge in [0.1, 0.15) is 11.0 Å². The lowest BCUT2D eigenvalue weighted by Crippen LogP contribution is -2.32. The second kappa shape index (κ2) is 5.74. The molecular formula is C19H16O6S. The number of fused-ring (bicyclic) bond motifs is 3. The standard InChI is InChI=1S/C19H16O6S/c1-9-2-3-16(26-9)19(21)25-17-11-6-15-14(23-8-24-15)5-10(11)4-12-13(17)7-22-18(12)20/h2-3,5-6,12-13,17H,4,7-8H2,1H3/t12-,13?,17?/m1/s1. The summed E-state index contributed by atoms with van der Waals surface area (Å²) in [5, 5.41) is 0. The third-order valence-electron chi connectivity index (χ3n) is 5.18. The molecule has 7 heteroatoms. The van der Waals surface area contributed by atoms with Gasteiger partial charge in [0.05, 0.1) is 12.5 Å². The van der Waals surface area contributed by atoms with Crippen LogP contribution in [-0.4, -0.2) is 25.3 Å². The number of aryl methyl sites for hydroxylation is 1. The molecule has 3 heterocycles.